The lowest BCUT2D eigenvalue weighted by atomic mass is 9.84. The summed E-state index contributed by atoms with van der Waals surface area (Å²) >= 11 is 6.34. The number of fused-ring (bicyclic) bond motifs is 6. The molecule has 1 unspecified atom stereocenters. The minimum atomic E-state index is -0.721. The van der Waals surface area contributed by atoms with Gasteiger partial charge in [0.25, 0.3) is 0 Å². The first kappa shape index (κ1) is 28.6. The van der Waals surface area contributed by atoms with Crippen LogP contribution in [0.2, 0.25) is 5.02 Å². The normalized spacial score (nSPS) is 13.6. The van der Waals surface area contributed by atoms with Gasteiger partial charge in [0, 0.05) is 5.02 Å². The summed E-state index contributed by atoms with van der Waals surface area (Å²) in [6.07, 6.45) is 1.53. The van der Waals surface area contributed by atoms with Gasteiger partial charge in [-0.25, -0.2) is 19.3 Å². The molecule has 0 spiro atoms. The molecule has 8 rings (SSSR count). The molecular formula is C36H25ClN4O6. The standard InChI is InChI=1S/C36H25ClN4O6/c1-43-25-15-13-22(37)17-24(25)33-39-34-31-29(21-12-14-27(28(16-21)44-2)45-18-20-8-4-3-5-9-20)30-32(47-35(31)38-19-41(34)40-33)23-10-6-7-11-26(23)46-36(30)42/h3-17,19,29H,18H2,1-2H3. The van der Waals surface area contributed by atoms with Crippen LogP contribution in [0.4, 0.5) is 0 Å². The summed E-state index contributed by atoms with van der Waals surface area (Å²) in [6.45, 7) is 0.356. The van der Waals surface area contributed by atoms with Crippen molar-refractivity contribution < 1.29 is 23.4 Å². The van der Waals surface area contributed by atoms with Crippen molar-refractivity contribution in [2.45, 2.75) is 12.5 Å². The summed E-state index contributed by atoms with van der Waals surface area (Å²) in [4.78, 5) is 23.4. The van der Waals surface area contributed by atoms with Crippen molar-refractivity contribution >= 4 is 28.2 Å². The van der Waals surface area contributed by atoms with Gasteiger partial charge in [0.2, 0.25) is 5.88 Å². The largest absolute Gasteiger partial charge is 0.496 e. The molecule has 1 aliphatic rings. The zero-order chi connectivity index (χ0) is 32.1. The van der Waals surface area contributed by atoms with E-state index in [4.69, 9.17) is 45.0 Å². The molecule has 47 heavy (non-hydrogen) atoms. The van der Waals surface area contributed by atoms with E-state index < -0.39 is 11.5 Å². The van der Waals surface area contributed by atoms with Crippen molar-refractivity contribution in [3.8, 4) is 40.3 Å². The van der Waals surface area contributed by atoms with Crippen molar-refractivity contribution in [3.63, 3.8) is 0 Å². The van der Waals surface area contributed by atoms with Gasteiger partial charge in [-0.05, 0) is 53.6 Å². The van der Waals surface area contributed by atoms with E-state index in [1.54, 1.807) is 49.1 Å². The Labute approximate surface area is 272 Å². The molecule has 4 aromatic carbocycles. The maximum atomic E-state index is 13.8. The molecule has 232 valence electrons. The summed E-state index contributed by atoms with van der Waals surface area (Å²) in [5.74, 6) is 1.87. The fourth-order valence-electron chi connectivity index (χ4n) is 5.95. The van der Waals surface area contributed by atoms with Gasteiger partial charge in [-0.3, -0.25) is 0 Å². The third kappa shape index (κ3) is 4.90. The van der Waals surface area contributed by atoms with E-state index in [1.165, 1.54) is 6.33 Å². The summed E-state index contributed by atoms with van der Waals surface area (Å²) in [7, 11) is 3.14. The molecule has 1 atom stereocenters. The van der Waals surface area contributed by atoms with Crippen LogP contribution in [0.1, 0.15) is 28.2 Å². The zero-order valence-electron chi connectivity index (χ0n) is 25.1. The Kier molecular flexibility index (Phi) is 6.99. The average molecular weight is 645 g/mol. The van der Waals surface area contributed by atoms with Gasteiger partial charge < -0.3 is 23.4 Å². The lowest BCUT2D eigenvalue weighted by Crippen LogP contribution is -2.22. The van der Waals surface area contributed by atoms with Gasteiger partial charge in [0.15, 0.2) is 28.7 Å². The monoisotopic (exact) mass is 644 g/mol. The van der Waals surface area contributed by atoms with Crippen molar-refractivity contribution in [3.05, 3.63) is 135 Å². The number of para-hydroxylation sites is 1. The van der Waals surface area contributed by atoms with Gasteiger partial charge in [-0.15, -0.1) is 5.10 Å². The second kappa shape index (κ2) is 11.5. The number of nitrogens with zero attached hydrogens (tertiary/aromatic N) is 4. The molecule has 0 saturated heterocycles. The van der Waals surface area contributed by atoms with Crippen LogP contribution in [0.15, 0.2) is 107 Å². The molecule has 0 bridgehead atoms. The van der Waals surface area contributed by atoms with Gasteiger partial charge in [0.05, 0.1) is 42.2 Å². The Balaban J connectivity index is 1.33. The summed E-state index contributed by atoms with van der Waals surface area (Å²) in [6, 6.07) is 27.9. The predicted molar refractivity (Wildman–Crippen MR) is 175 cm³/mol. The zero-order valence-corrected chi connectivity index (χ0v) is 25.9. The number of halogens is 1. The van der Waals surface area contributed by atoms with E-state index >= 15 is 0 Å². The molecule has 7 aromatic rings. The van der Waals surface area contributed by atoms with E-state index in [2.05, 4.69) is 4.98 Å². The van der Waals surface area contributed by atoms with E-state index in [9.17, 15) is 4.79 Å². The third-order valence-corrected chi connectivity index (χ3v) is 8.36. The van der Waals surface area contributed by atoms with Crippen LogP contribution < -0.4 is 24.6 Å². The molecule has 1 aliphatic heterocycles. The Bertz CT molecular complexity index is 2370. The van der Waals surface area contributed by atoms with E-state index in [0.29, 0.717) is 79.3 Å². The topological polar surface area (TPSA) is 110 Å². The second-order valence-corrected chi connectivity index (χ2v) is 11.3. The van der Waals surface area contributed by atoms with Crippen LogP contribution >= 0.6 is 11.6 Å². The Morgan fingerprint density at radius 3 is 2.49 bits per heavy atom. The lowest BCUT2D eigenvalue weighted by molar-refractivity contribution is 0.284. The predicted octanol–water partition coefficient (Wildman–Crippen LogP) is 7.43. The fourth-order valence-corrected chi connectivity index (χ4v) is 6.12. The first-order chi connectivity index (χ1) is 23.0. The molecule has 10 nitrogen and oxygen atoms in total. The van der Waals surface area contributed by atoms with E-state index in [1.807, 2.05) is 60.7 Å². The molecule has 3 aromatic heterocycles. The van der Waals surface area contributed by atoms with Gasteiger partial charge >= 0.3 is 5.63 Å². The maximum absolute atomic E-state index is 13.8. The van der Waals surface area contributed by atoms with Crippen LogP contribution in [0.3, 0.4) is 0 Å². The number of benzene rings is 4. The quantitative estimate of drug-likeness (QED) is 0.164. The average Bonchev–Trinajstić information content (AvgIpc) is 3.55. The molecule has 0 radical (unpaired) electrons. The molecule has 4 heterocycles. The first-order valence-electron chi connectivity index (χ1n) is 14.7. The highest BCUT2D eigenvalue weighted by Crippen LogP contribution is 2.50. The van der Waals surface area contributed by atoms with Crippen molar-refractivity contribution in [2.75, 3.05) is 14.2 Å². The Morgan fingerprint density at radius 2 is 1.66 bits per heavy atom. The molecule has 0 aliphatic carbocycles. The summed E-state index contributed by atoms with van der Waals surface area (Å²) < 4.78 is 31.3. The van der Waals surface area contributed by atoms with E-state index in [-0.39, 0.29) is 5.88 Å². The van der Waals surface area contributed by atoms with Gasteiger partial charge in [-0.1, -0.05) is 60.1 Å². The number of aromatic nitrogens is 4. The smallest absolute Gasteiger partial charge is 0.344 e. The van der Waals surface area contributed by atoms with Gasteiger partial charge in [-0.2, -0.15) is 0 Å². The van der Waals surface area contributed by atoms with Crippen LogP contribution in [-0.2, 0) is 6.61 Å². The van der Waals surface area contributed by atoms with Crippen LogP contribution in [0.25, 0.3) is 28.0 Å². The first-order valence-corrected chi connectivity index (χ1v) is 15.1. The minimum absolute atomic E-state index is 0.283. The van der Waals surface area contributed by atoms with Crippen molar-refractivity contribution in [2.24, 2.45) is 0 Å². The van der Waals surface area contributed by atoms with Crippen LogP contribution in [-0.4, -0.2) is 33.8 Å². The summed E-state index contributed by atoms with van der Waals surface area (Å²) in [5.41, 5.74) is 3.44. The Hall–Kier alpha value is -5.87. The molecular weight excluding hydrogens is 620 g/mol. The minimum Gasteiger partial charge on any atom is -0.496 e. The molecule has 0 fully saturated rings. The number of rotatable bonds is 7. The number of hydrogen-bond donors (Lipinski definition) is 0. The highest BCUT2D eigenvalue weighted by Gasteiger charge is 2.38. The fraction of sp³-hybridized carbons (Fsp3) is 0.111. The highest BCUT2D eigenvalue weighted by atomic mass is 35.5. The second-order valence-electron chi connectivity index (χ2n) is 10.9. The van der Waals surface area contributed by atoms with Gasteiger partial charge in [0.1, 0.15) is 24.3 Å². The molecule has 0 saturated carbocycles. The lowest BCUT2D eigenvalue weighted by Gasteiger charge is -2.27. The van der Waals surface area contributed by atoms with Crippen LogP contribution in [0, 0.1) is 0 Å². The highest BCUT2D eigenvalue weighted by molar-refractivity contribution is 6.30. The molecule has 11 heteroatoms. The maximum Gasteiger partial charge on any atom is 0.344 e. The van der Waals surface area contributed by atoms with Crippen LogP contribution in [0.5, 0.6) is 28.9 Å². The molecule has 0 amide bonds. The number of hydrogen-bond acceptors (Lipinski definition) is 9. The molecule has 0 N–H and O–H groups in total. The van der Waals surface area contributed by atoms with Crippen molar-refractivity contribution in [1.29, 1.82) is 0 Å². The third-order valence-electron chi connectivity index (χ3n) is 8.12. The van der Waals surface area contributed by atoms with E-state index in [0.717, 1.165) is 5.56 Å². The number of methoxy groups -OCH3 is 2. The summed E-state index contributed by atoms with van der Waals surface area (Å²) in [5, 5.41) is 5.84. The van der Waals surface area contributed by atoms with Crippen molar-refractivity contribution in [1.82, 2.24) is 19.6 Å². The number of ether oxygens (including phenoxy) is 4. The Morgan fingerprint density at radius 1 is 0.872 bits per heavy atom. The SMILES string of the molecule is COc1cc(C2c3c(c4ccccc4oc3=O)Oc3ncn4nc(-c5cc(Cl)ccc5OC)nc4c32)ccc1OCc1ccccc1.